The molecule has 4 aromatic rings. The number of benzene rings is 2. The largest absolute Gasteiger partial charge is 0.454 e. The van der Waals surface area contributed by atoms with E-state index < -0.39 is 17.6 Å². The van der Waals surface area contributed by atoms with E-state index in [1.807, 2.05) is 0 Å². The lowest BCUT2D eigenvalue weighted by molar-refractivity contribution is -0.137. The first-order valence-electron chi connectivity index (χ1n) is 9.28. The van der Waals surface area contributed by atoms with Crippen LogP contribution in [-0.4, -0.2) is 11.1 Å². The van der Waals surface area contributed by atoms with Crippen molar-refractivity contribution in [3.63, 3.8) is 0 Å². The monoisotopic (exact) mass is 461 g/mol. The summed E-state index contributed by atoms with van der Waals surface area (Å²) in [7, 11) is 0. The molecule has 4 rings (SSSR count). The molecule has 0 atom stereocenters. The molecular weight excluding hydrogens is 447 g/mol. The van der Waals surface area contributed by atoms with Crippen molar-refractivity contribution in [2.24, 2.45) is 0 Å². The van der Waals surface area contributed by atoms with Crippen LogP contribution in [0.2, 0.25) is 5.02 Å². The number of nitrogens with two attached hydrogens (primary N) is 1. The van der Waals surface area contributed by atoms with E-state index >= 15 is 0 Å². The van der Waals surface area contributed by atoms with Crippen molar-refractivity contribution in [1.29, 1.82) is 0 Å². The van der Waals surface area contributed by atoms with E-state index in [0.717, 1.165) is 17.7 Å². The number of aromatic nitrogens is 1. The average Bonchev–Trinajstić information content (AvgIpc) is 3.38. The molecule has 0 bridgehead atoms. The fraction of sp³-hybridized carbons (Fsp3) is 0.0909. The lowest BCUT2D eigenvalue weighted by Crippen LogP contribution is -2.24. The number of alkyl halides is 3. The predicted octanol–water partition coefficient (Wildman–Crippen LogP) is 5.79. The van der Waals surface area contributed by atoms with Crippen molar-refractivity contribution in [3.05, 3.63) is 82.4 Å². The van der Waals surface area contributed by atoms with Crippen molar-refractivity contribution < 1.29 is 26.9 Å². The third-order valence-electron chi connectivity index (χ3n) is 4.60. The molecule has 1 amide bonds. The van der Waals surface area contributed by atoms with Gasteiger partial charge in [0.1, 0.15) is 11.3 Å². The fourth-order valence-electron chi connectivity index (χ4n) is 3.08. The summed E-state index contributed by atoms with van der Waals surface area (Å²) in [5.74, 6) is -0.205. The zero-order valence-electron chi connectivity index (χ0n) is 16.2. The number of carbonyl (C=O) groups excluding carboxylic acids is 1. The summed E-state index contributed by atoms with van der Waals surface area (Å²) in [6, 6.07) is 14.9. The molecule has 0 unspecified atom stereocenters. The number of anilines is 1. The molecule has 0 spiro atoms. The molecule has 0 aliphatic heterocycles. The van der Waals surface area contributed by atoms with Crippen molar-refractivity contribution in [2.75, 3.05) is 5.73 Å². The zero-order valence-corrected chi connectivity index (χ0v) is 17.0. The van der Waals surface area contributed by atoms with Gasteiger partial charge in [-0.25, -0.2) is 0 Å². The highest BCUT2D eigenvalue weighted by atomic mass is 35.5. The third kappa shape index (κ3) is 4.47. The van der Waals surface area contributed by atoms with Gasteiger partial charge in [-0.05, 0) is 42.0 Å². The van der Waals surface area contributed by atoms with Gasteiger partial charge in [-0.3, -0.25) is 4.79 Å². The number of amides is 1. The highest BCUT2D eigenvalue weighted by Crippen LogP contribution is 2.33. The van der Waals surface area contributed by atoms with E-state index in [1.54, 1.807) is 36.4 Å². The van der Waals surface area contributed by atoms with Gasteiger partial charge in [-0.15, -0.1) is 0 Å². The Morgan fingerprint density at radius 3 is 2.56 bits per heavy atom. The number of rotatable bonds is 5. The number of carbonyl (C=O) groups is 1. The van der Waals surface area contributed by atoms with E-state index in [2.05, 4.69) is 10.5 Å². The molecule has 0 saturated heterocycles. The first-order chi connectivity index (χ1) is 15.2. The molecule has 164 valence electrons. The molecule has 0 aliphatic rings. The molecule has 3 N–H and O–H groups in total. The van der Waals surface area contributed by atoms with Crippen LogP contribution in [0.4, 0.5) is 19.1 Å². The van der Waals surface area contributed by atoms with E-state index in [4.69, 9.17) is 26.3 Å². The zero-order chi connectivity index (χ0) is 22.9. The maximum absolute atomic E-state index is 12.9. The summed E-state index contributed by atoms with van der Waals surface area (Å²) in [5, 5.41) is 6.86. The van der Waals surface area contributed by atoms with Gasteiger partial charge in [0.25, 0.3) is 5.91 Å². The van der Waals surface area contributed by atoms with Gasteiger partial charge in [-0.1, -0.05) is 41.0 Å². The number of halogens is 4. The SMILES string of the molecule is Nc1onc(-c2ccc(-c3cccc(Cl)c3)o2)c1C(=O)NCc1cccc(C(F)(F)F)c1. The maximum atomic E-state index is 12.9. The van der Waals surface area contributed by atoms with Crippen molar-refractivity contribution in [1.82, 2.24) is 10.5 Å². The van der Waals surface area contributed by atoms with E-state index in [0.29, 0.717) is 10.8 Å². The number of nitrogens with one attached hydrogen (secondary N) is 1. The van der Waals surface area contributed by atoms with Crippen LogP contribution >= 0.6 is 11.6 Å². The van der Waals surface area contributed by atoms with Crippen molar-refractivity contribution in [2.45, 2.75) is 12.7 Å². The Morgan fingerprint density at radius 1 is 1.06 bits per heavy atom. The Balaban J connectivity index is 1.55. The minimum Gasteiger partial charge on any atom is -0.454 e. The molecule has 32 heavy (non-hydrogen) atoms. The second kappa shape index (κ2) is 8.43. The molecule has 0 fully saturated rings. The van der Waals surface area contributed by atoms with Gasteiger partial charge < -0.3 is 20.0 Å². The van der Waals surface area contributed by atoms with Crippen LogP contribution < -0.4 is 11.1 Å². The van der Waals surface area contributed by atoms with Gasteiger partial charge >= 0.3 is 6.18 Å². The Kier molecular flexibility index (Phi) is 5.67. The van der Waals surface area contributed by atoms with Crippen molar-refractivity contribution >= 4 is 23.4 Å². The lowest BCUT2D eigenvalue weighted by atomic mass is 10.1. The standard InChI is InChI=1S/C22H15ClF3N3O3/c23-15-6-2-4-13(10-15)16-7-8-17(31-16)19-18(20(27)32-29-19)21(30)28-11-12-3-1-5-14(9-12)22(24,25)26/h1-10H,11,27H2,(H,28,30). The summed E-state index contributed by atoms with van der Waals surface area (Å²) in [6.45, 7) is -0.154. The lowest BCUT2D eigenvalue weighted by Gasteiger charge is -2.09. The van der Waals surface area contributed by atoms with E-state index in [1.165, 1.54) is 12.1 Å². The number of hydrogen-bond acceptors (Lipinski definition) is 5. The summed E-state index contributed by atoms with van der Waals surface area (Å²) < 4.78 is 49.4. The number of furan rings is 1. The Hall–Kier alpha value is -3.72. The second-order valence-corrected chi connectivity index (χ2v) is 7.26. The Labute approximate surface area is 184 Å². The van der Waals surface area contributed by atoms with Crippen LogP contribution in [0.5, 0.6) is 0 Å². The van der Waals surface area contributed by atoms with Crippen LogP contribution in [0.25, 0.3) is 22.8 Å². The van der Waals surface area contributed by atoms with Gasteiger partial charge in [0.15, 0.2) is 11.5 Å². The smallest absolute Gasteiger partial charge is 0.416 e. The topological polar surface area (TPSA) is 94.3 Å². The average molecular weight is 462 g/mol. The minimum atomic E-state index is -4.48. The third-order valence-corrected chi connectivity index (χ3v) is 4.84. The number of nitrogen functional groups attached to an aromatic ring is 1. The Bertz CT molecular complexity index is 1280. The first kappa shape index (κ1) is 21.5. The van der Waals surface area contributed by atoms with Gasteiger partial charge in [0.05, 0.1) is 5.56 Å². The molecule has 10 heteroatoms. The van der Waals surface area contributed by atoms with Crippen LogP contribution in [0.1, 0.15) is 21.5 Å². The minimum absolute atomic E-state index is 0.0670. The Morgan fingerprint density at radius 2 is 1.81 bits per heavy atom. The van der Waals surface area contributed by atoms with Gasteiger partial charge in [0, 0.05) is 17.1 Å². The molecule has 0 radical (unpaired) electrons. The van der Waals surface area contributed by atoms with Crippen LogP contribution in [0, 0.1) is 0 Å². The molecule has 6 nitrogen and oxygen atoms in total. The first-order valence-corrected chi connectivity index (χ1v) is 9.66. The van der Waals surface area contributed by atoms with Crippen LogP contribution in [0.15, 0.2) is 69.6 Å². The molecule has 0 saturated carbocycles. The molecule has 2 aromatic carbocycles. The molecule has 0 aliphatic carbocycles. The summed E-state index contributed by atoms with van der Waals surface area (Å²) >= 11 is 6.01. The fourth-order valence-corrected chi connectivity index (χ4v) is 3.27. The molecule has 2 aromatic heterocycles. The highest BCUT2D eigenvalue weighted by Gasteiger charge is 2.30. The molecular formula is C22H15ClF3N3O3. The highest BCUT2D eigenvalue weighted by molar-refractivity contribution is 6.30. The van der Waals surface area contributed by atoms with Gasteiger partial charge in [-0.2, -0.15) is 13.2 Å². The van der Waals surface area contributed by atoms with Gasteiger partial charge in [0.2, 0.25) is 5.88 Å². The normalized spacial score (nSPS) is 11.5. The maximum Gasteiger partial charge on any atom is 0.416 e. The summed E-state index contributed by atoms with van der Waals surface area (Å²) in [5.41, 5.74) is 5.94. The van der Waals surface area contributed by atoms with Crippen LogP contribution in [0.3, 0.4) is 0 Å². The quantitative estimate of drug-likeness (QED) is 0.392. The molecule has 2 heterocycles. The predicted molar refractivity (Wildman–Crippen MR) is 112 cm³/mol. The number of nitrogens with zero attached hydrogens (tertiary/aromatic N) is 1. The number of hydrogen-bond donors (Lipinski definition) is 2. The summed E-state index contributed by atoms with van der Waals surface area (Å²) in [4.78, 5) is 12.7. The van der Waals surface area contributed by atoms with Crippen molar-refractivity contribution in [3.8, 4) is 22.8 Å². The van der Waals surface area contributed by atoms with E-state index in [9.17, 15) is 18.0 Å². The summed E-state index contributed by atoms with van der Waals surface area (Å²) in [6.07, 6.45) is -4.48. The van der Waals surface area contributed by atoms with Crippen LogP contribution in [-0.2, 0) is 12.7 Å². The second-order valence-electron chi connectivity index (χ2n) is 6.83. The van der Waals surface area contributed by atoms with E-state index in [-0.39, 0.29) is 35.0 Å².